The van der Waals surface area contributed by atoms with Gasteiger partial charge in [0.05, 0.1) is 25.4 Å². The van der Waals surface area contributed by atoms with E-state index < -0.39 is 28.0 Å². The second-order valence-electron chi connectivity index (χ2n) is 5.85. The molecule has 1 aliphatic heterocycles. The maximum absolute atomic E-state index is 13.9. The molecule has 22 heavy (non-hydrogen) atoms. The van der Waals surface area contributed by atoms with Gasteiger partial charge in [-0.1, -0.05) is 18.6 Å². The fraction of sp³-hybridized carbons (Fsp3) is 0.600. The number of hydrogen-bond donors (Lipinski definition) is 1. The molecule has 1 aromatic carbocycles. The van der Waals surface area contributed by atoms with Gasteiger partial charge in [0.25, 0.3) is 0 Å². The van der Waals surface area contributed by atoms with Crippen molar-refractivity contribution in [2.24, 2.45) is 5.92 Å². The molecule has 1 N–H and O–H groups in total. The number of halogens is 1. The molecule has 2 aliphatic rings. The average molecular weight is 329 g/mol. The number of nitrogens with zero attached hydrogens (tertiary/aromatic N) is 1. The Labute approximate surface area is 129 Å². The topological polar surface area (TPSA) is 66.8 Å². The number of morpholine rings is 1. The minimum Gasteiger partial charge on any atom is -0.393 e. The number of aliphatic hydroxyl groups is 1. The average Bonchev–Trinajstić information content (AvgIpc) is 2.93. The number of sulfonamides is 1. The van der Waals surface area contributed by atoms with E-state index in [0.29, 0.717) is 6.42 Å². The first-order valence-corrected chi connectivity index (χ1v) is 8.98. The Morgan fingerprint density at radius 1 is 1.27 bits per heavy atom. The Kier molecular flexibility index (Phi) is 4.49. The first-order valence-electron chi connectivity index (χ1n) is 7.54. The van der Waals surface area contributed by atoms with Crippen LogP contribution in [0.1, 0.15) is 19.3 Å². The summed E-state index contributed by atoms with van der Waals surface area (Å²) in [6.45, 7) is 0.715. The van der Waals surface area contributed by atoms with Crippen LogP contribution in [0, 0.1) is 11.7 Å². The lowest BCUT2D eigenvalue weighted by atomic mass is 9.96. The van der Waals surface area contributed by atoms with Gasteiger partial charge in [-0.25, -0.2) is 12.8 Å². The van der Waals surface area contributed by atoms with Crippen molar-refractivity contribution >= 4 is 10.0 Å². The third-order valence-electron chi connectivity index (χ3n) is 4.56. The molecular weight excluding hydrogens is 309 g/mol. The Balaban J connectivity index is 1.95. The Morgan fingerprint density at radius 2 is 2.05 bits per heavy atom. The maximum atomic E-state index is 13.9. The second kappa shape index (κ2) is 6.23. The smallest absolute Gasteiger partial charge is 0.246 e. The fourth-order valence-electron chi connectivity index (χ4n) is 3.44. The van der Waals surface area contributed by atoms with Gasteiger partial charge in [0.15, 0.2) is 0 Å². The monoisotopic (exact) mass is 329 g/mol. The molecule has 0 spiro atoms. The summed E-state index contributed by atoms with van der Waals surface area (Å²) in [5.41, 5.74) is 0. The summed E-state index contributed by atoms with van der Waals surface area (Å²) in [6.07, 6.45) is 1.79. The summed E-state index contributed by atoms with van der Waals surface area (Å²) in [6, 6.07) is 4.97. The molecule has 3 rings (SSSR count). The Hall–Kier alpha value is -1.02. The van der Waals surface area contributed by atoms with Gasteiger partial charge in [-0.2, -0.15) is 4.31 Å². The lowest BCUT2D eigenvalue weighted by molar-refractivity contribution is -0.0148. The summed E-state index contributed by atoms with van der Waals surface area (Å²) >= 11 is 0. The highest BCUT2D eigenvalue weighted by Crippen LogP contribution is 2.34. The van der Waals surface area contributed by atoms with Gasteiger partial charge in [0.2, 0.25) is 10.0 Å². The van der Waals surface area contributed by atoms with Crippen LogP contribution < -0.4 is 0 Å². The van der Waals surface area contributed by atoms with Gasteiger partial charge in [-0.3, -0.25) is 0 Å². The van der Waals surface area contributed by atoms with Gasteiger partial charge >= 0.3 is 0 Å². The van der Waals surface area contributed by atoms with Crippen molar-refractivity contribution < 1.29 is 22.7 Å². The van der Waals surface area contributed by atoms with Crippen LogP contribution in [-0.2, 0) is 14.8 Å². The van der Waals surface area contributed by atoms with Crippen molar-refractivity contribution in [1.29, 1.82) is 0 Å². The number of hydrogen-bond acceptors (Lipinski definition) is 4. The molecule has 2 fully saturated rings. The van der Waals surface area contributed by atoms with Crippen molar-refractivity contribution in [3.63, 3.8) is 0 Å². The van der Waals surface area contributed by atoms with Gasteiger partial charge in [0.1, 0.15) is 10.7 Å². The molecule has 1 heterocycles. The van der Waals surface area contributed by atoms with Crippen LogP contribution in [0.25, 0.3) is 0 Å². The molecule has 0 amide bonds. The predicted octanol–water partition coefficient (Wildman–Crippen LogP) is 1.38. The summed E-state index contributed by atoms with van der Waals surface area (Å²) < 4.78 is 46.3. The number of benzene rings is 1. The molecule has 1 aromatic rings. The lowest BCUT2D eigenvalue weighted by Gasteiger charge is -2.39. The first-order chi connectivity index (χ1) is 10.5. The predicted molar refractivity (Wildman–Crippen MR) is 78.2 cm³/mol. The van der Waals surface area contributed by atoms with Gasteiger partial charge in [-0.15, -0.1) is 0 Å². The van der Waals surface area contributed by atoms with E-state index in [0.717, 1.165) is 18.9 Å². The lowest BCUT2D eigenvalue weighted by Crippen LogP contribution is -2.53. The van der Waals surface area contributed by atoms with E-state index in [1.54, 1.807) is 0 Å². The van der Waals surface area contributed by atoms with E-state index in [-0.39, 0.29) is 30.6 Å². The molecule has 3 atom stereocenters. The zero-order chi connectivity index (χ0) is 15.7. The van der Waals surface area contributed by atoms with E-state index in [2.05, 4.69) is 0 Å². The highest BCUT2D eigenvalue weighted by atomic mass is 32.2. The molecule has 1 saturated heterocycles. The normalized spacial score (nSPS) is 30.5. The number of rotatable bonds is 3. The molecule has 0 aromatic heterocycles. The Bertz CT molecular complexity index is 636. The van der Waals surface area contributed by atoms with E-state index in [1.807, 2.05) is 0 Å². The van der Waals surface area contributed by atoms with Gasteiger partial charge < -0.3 is 9.84 Å². The van der Waals surface area contributed by atoms with Crippen LogP contribution in [0.5, 0.6) is 0 Å². The molecule has 7 heteroatoms. The van der Waals surface area contributed by atoms with E-state index in [4.69, 9.17) is 4.74 Å². The van der Waals surface area contributed by atoms with Crippen LogP contribution in [0.4, 0.5) is 4.39 Å². The summed E-state index contributed by atoms with van der Waals surface area (Å²) in [5.74, 6) is -0.901. The van der Waals surface area contributed by atoms with Crippen molar-refractivity contribution in [1.82, 2.24) is 4.31 Å². The Morgan fingerprint density at radius 3 is 2.73 bits per heavy atom. The summed E-state index contributed by atoms with van der Waals surface area (Å²) in [4.78, 5) is -0.311. The molecule has 0 radical (unpaired) electrons. The van der Waals surface area contributed by atoms with Crippen LogP contribution in [0.2, 0.25) is 0 Å². The van der Waals surface area contributed by atoms with Crippen molar-refractivity contribution in [2.75, 3.05) is 19.8 Å². The van der Waals surface area contributed by atoms with Gasteiger partial charge in [-0.05, 0) is 25.0 Å². The van der Waals surface area contributed by atoms with Crippen LogP contribution in [0.3, 0.4) is 0 Å². The number of aliphatic hydroxyl groups excluding tert-OH is 1. The zero-order valence-corrected chi connectivity index (χ0v) is 13.0. The van der Waals surface area contributed by atoms with E-state index in [9.17, 15) is 17.9 Å². The van der Waals surface area contributed by atoms with Crippen LogP contribution in [0.15, 0.2) is 29.2 Å². The molecule has 1 saturated carbocycles. The van der Waals surface area contributed by atoms with Crippen LogP contribution in [-0.4, -0.2) is 49.7 Å². The largest absolute Gasteiger partial charge is 0.393 e. The quantitative estimate of drug-likeness (QED) is 0.910. The molecule has 122 valence electrons. The fourth-order valence-corrected chi connectivity index (χ4v) is 5.15. The van der Waals surface area contributed by atoms with Gasteiger partial charge in [0, 0.05) is 12.5 Å². The zero-order valence-electron chi connectivity index (χ0n) is 12.2. The highest BCUT2D eigenvalue weighted by molar-refractivity contribution is 7.89. The third-order valence-corrected chi connectivity index (χ3v) is 6.52. The molecule has 1 aliphatic carbocycles. The number of ether oxygens (including phenoxy) is 1. The van der Waals surface area contributed by atoms with Crippen molar-refractivity contribution in [3.8, 4) is 0 Å². The standard InChI is InChI=1S/C15H20FNO4S/c16-12-5-1-2-7-15(12)22(19,20)17-8-9-21-10-13(17)11-4-3-6-14(11)18/h1-2,5,7,11,13-14,18H,3-4,6,8-10H2/t11-,13+,14+/m0/s1. The summed E-state index contributed by atoms with van der Waals surface area (Å²) in [5, 5.41) is 10.1. The minimum absolute atomic E-state index is 0.151. The van der Waals surface area contributed by atoms with Crippen molar-refractivity contribution in [2.45, 2.75) is 36.3 Å². The SMILES string of the molecule is O=S(=O)(c1ccccc1F)N1CCOC[C@@H]1[C@@H]1CCC[C@H]1O. The van der Waals surface area contributed by atoms with E-state index in [1.165, 1.54) is 22.5 Å². The minimum atomic E-state index is -3.94. The first kappa shape index (κ1) is 15.9. The second-order valence-corrected chi connectivity index (χ2v) is 7.71. The molecule has 0 bridgehead atoms. The van der Waals surface area contributed by atoms with Crippen LogP contribution >= 0.6 is 0 Å². The van der Waals surface area contributed by atoms with Crippen molar-refractivity contribution in [3.05, 3.63) is 30.1 Å². The maximum Gasteiger partial charge on any atom is 0.246 e. The highest BCUT2D eigenvalue weighted by Gasteiger charge is 2.43. The molecule has 0 unspecified atom stereocenters. The summed E-state index contributed by atoms with van der Waals surface area (Å²) in [7, 11) is -3.94. The molecular formula is C15H20FNO4S. The third kappa shape index (κ3) is 2.78. The molecule has 5 nitrogen and oxygen atoms in total. The van der Waals surface area contributed by atoms with E-state index >= 15 is 0 Å².